The average Bonchev–Trinajstić information content (AvgIpc) is 3.17. The molecule has 1 aliphatic rings. The lowest BCUT2D eigenvalue weighted by atomic mass is 9.79. The van der Waals surface area contributed by atoms with Crippen LogP contribution in [0.1, 0.15) is 178 Å². The van der Waals surface area contributed by atoms with Crippen LogP contribution in [0.3, 0.4) is 0 Å². The van der Waals surface area contributed by atoms with Crippen molar-refractivity contribution in [2.75, 3.05) is 52.5 Å². The molecule has 0 amide bonds. The summed E-state index contributed by atoms with van der Waals surface area (Å²) in [5.74, 6) is 2.36. The predicted molar refractivity (Wildman–Crippen MR) is 262 cm³/mol. The van der Waals surface area contributed by atoms with E-state index in [0.29, 0.717) is 50.4 Å². The normalized spacial score (nSPS) is 13.8. The van der Waals surface area contributed by atoms with Crippen molar-refractivity contribution in [3.8, 4) is 23.0 Å². The molecule has 0 aliphatic heterocycles. The molecule has 2 N–H and O–H groups in total. The number of phenolic OH excluding ortho intramolecular Hbond substituents is 2. The molecule has 0 aromatic heterocycles. The Hall–Kier alpha value is -4.00. The zero-order valence-electron chi connectivity index (χ0n) is 41.7. The number of aromatic hydroxyl groups is 2. The molecule has 6 heteroatoms. The predicted octanol–water partition coefficient (Wildman–Crippen LogP) is 12.4. The van der Waals surface area contributed by atoms with E-state index in [1.807, 2.05) is 0 Å². The van der Waals surface area contributed by atoms with Crippen molar-refractivity contribution >= 4 is 0 Å². The van der Waals surface area contributed by atoms with Gasteiger partial charge in [-0.1, -0.05) is 159 Å². The van der Waals surface area contributed by atoms with Gasteiger partial charge in [-0.15, -0.1) is 0 Å². The number of hydrogen-bond donors (Lipinski definition) is 2. The summed E-state index contributed by atoms with van der Waals surface area (Å²) in [5, 5.41) is 25.2. The van der Waals surface area contributed by atoms with E-state index >= 15 is 0 Å². The fraction of sp³-hybridized carbons (Fsp3) is 0.571. The molecule has 0 saturated heterocycles. The van der Waals surface area contributed by atoms with Crippen LogP contribution in [0.4, 0.5) is 0 Å². The standard InChI is InChI=1S/C56H82N2O4/c1-17-57(18-2)21-23-61-51-41-25-37-29-45(53(5,6)7)31-39(49(37)59)27-43-35-48(56(14,15)16)36-44(52(43)62-24-22-58(19-3)20-4)28-40-32-46(54(8,9)10)30-38(50(40)60)26-42(51)34-47(33-41)55(11,12)13/h29-36,59-60H,17-28H2,1-16H3. The van der Waals surface area contributed by atoms with Crippen LogP contribution in [0.2, 0.25) is 0 Å². The van der Waals surface area contributed by atoms with Crippen LogP contribution in [0.25, 0.3) is 0 Å². The minimum Gasteiger partial charge on any atom is -0.507 e. The Morgan fingerprint density at radius 1 is 0.387 bits per heavy atom. The third-order valence-electron chi connectivity index (χ3n) is 13.1. The largest absolute Gasteiger partial charge is 0.507 e. The van der Waals surface area contributed by atoms with Crippen molar-refractivity contribution < 1.29 is 19.7 Å². The Morgan fingerprint density at radius 2 is 0.597 bits per heavy atom. The Bertz CT molecular complexity index is 1910. The molecule has 0 spiro atoms. The smallest absolute Gasteiger partial charge is 0.126 e. The van der Waals surface area contributed by atoms with E-state index in [0.717, 1.165) is 95.3 Å². The van der Waals surface area contributed by atoms with Crippen LogP contribution in [-0.4, -0.2) is 72.5 Å². The molecule has 0 atom stereocenters. The Balaban J connectivity index is 1.90. The first-order valence-electron chi connectivity index (χ1n) is 23.6. The number of hydrogen-bond acceptors (Lipinski definition) is 6. The minimum absolute atomic E-state index is 0.153. The summed E-state index contributed by atoms with van der Waals surface area (Å²) in [4.78, 5) is 4.77. The molecule has 4 aromatic carbocycles. The van der Waals surface area contributed by atoms with Crippen LogP contribution in [0.5, 0.6) is 23.0 Å². The Kier molecular flexibility index (Phi) is 15.3. The monoisotopic (exact) mass is 847 g/mol. The second-order valence-corrected chi connectivity index (χ2v) is 22.0. The molecular weight excluding hydrogens is 765 g/mol. The highest BCUT2D eigenvalue weighted by Crippen LogP contribution is 2.44. The second-order valence-electron chi connectivity index (χ2n) is 22.0. The number of benzene rings is 4. The first-order valence-corrected chi connectivity index (χ1v) is 23.6. The first-order chi connectivity index (χ1) is 28.9. The lowest BCUT2D eigenvalue weighted by Gasteiger charge is -2.28. The van der Waals surface area contributed by atoms with Crippen molar-refractivity contribution in [1.82, 2.24) is 9.80 Å². The number of fused-ring (bicyclic) bond motifs is 8. The van der Waals surface area contributed by atoms with E-state index < -0.39 is 0 Å². The molecule has 5 rings (SSSR count). The summed E-state index contributed by atoms with van der Waals surface area (Å²) in [5.41, 5.74) is 11.9. The van der Waals surface area contributed by atoms with Crippen molar-refractivity contribution in [2.24, 2.45) is 0 Å². The van der Waals surface area contributed by atoms with E-state index in [4.69, 9.17) is 9.47 Å². The maximum Gasteiger partial charge on any atom is 0.126 e. The number of likely N-dealkylation sites (N-methyl/N-ethyl adjacent to an activating group) is 2. The van der Waals surface area contributed by atoms with Gasteiger partial charge in [0.15, 0.2) is 0 Å². The number of phenols is 2. The summed E-state index contributed by atoms with van der Waals surface area (Å²) in [7, 11) is 0. The topological polar surface area (TPSA) is 65.4 Å². The van der Waals surface area contributed by atoms with E-state index in [2.05, 4.69) is 169 Å². The maximum atomic E-state index is 12.6. The van der Waals surface area contributed by atoms with Crippen LogP contribution in [0, 0.1) is 0 Å². The minimum atomic E-state index is -0.161. The highest BCUT2D eigenvalue weighted by Gasteiger charge is 2.28. The Morgan fingerprint density at radius 3 is 0.790 bits per heavy atom. The molecule has 0 unspecified atom stereocenters. The van der Waals surface area contributed by atoms with Crippen LogP contribution < -0.4 is 9.47 Å². The van der Waals surface area contributed by atoms with E-state index in [1.54, 1.807) is 0 Å². The first kappa shape index (κ1) is 49.0. The highest BCUT2D eigenvalue weighted by molar-refractivity contribution is 5.59. The van der Waals surface area contributed by atoms with Crippen molar-refractivity contribution in [2.45, 2.75) is 158 Å². The van der Waals surface area contributed by atoms with Crippen LogP contribution >= 0.6 is 0 Å². The summed E-state index contributed by atoms with van der Waals surface area (Å²) < 4.78 is 13.9. The van der Waals surface area contributed by atoms with Gasteiger partial charge in [-0.25, -0.2) is 0 Å². The van der Waals surface area contributed by atoms with Crippen LogP contribution in [-0.2, 0) is 47.3 Å². The maximum absolute atomic E-state index is 12.6. The summed E-state index contributed by atoms with van der Waals surface area (Å²) in [6.45, 7) is 42.4. The Labute approximate surface area is 377 Å². The summed E-state index contributed by atoms with van der Waals surface area (Å²) >= 11 is 0. The quantitative estimate of drug-likeness (QED) is 0.130. The fourth-order valence-corrected chi connectivity index (χ4v) is 8.65. The number of rotatable bonds is 12. The van der Waals surface area contributed by atoms with Gasteiger partial charge in [0.1, 0.15) is 36.2 Å². The SMILES string of the molecule is CCN(CC)CCOc1c2cc(C(C)(C)C)cc1Cc1cc(C(C)(C)C)cc(c1O)Cc1cc(C(C)(C)C)cc(c1OCCN(CC)CC)Cc1cc(C(C)(C)C)cc(c1O)C2. The van der Waals surface area contributed by atoms with Gasteiger partial charge < -0.3 is 29.5 Å². The molecule has 0 radical (unpaired) electrons. The lowest BCUT2D eigenvalue weighted by molar-refractivity contribution is 0.220. The van der Waals surface area contributed by atoms with Crippen molar-refractivity contribution in [3.63, 3.8) is 0 Å². The number of ether oxygens (including phenoxy) is 2. The van der Waals surface area contributed by atoms with Crippen molar-refractivity contribution in [1.29, 1.82) is 0 Å². The van der Waals surface area contributed by atoms with Gasteiger partial charge in [-0.3, -0.25) is 0 Å². The van der Waals surface area contributed by atoms with Crippen molar-refractivity contribution in [3.05, 3.63) is 115 Å². The summed E-state index contributed by atoms with van der Waals surface area (Å²) in [6, 6.07) is 18.1. The molecule has 6 nitrogen and oxygen atoms in total. The molecule has 0 heterocycles. The molecular formula is C56H82N2O4. The van der Waals surface area contributed by atoms with Gasteiger partial charge >= 0.3 is 0 Å². The molecule has 4 aromatic rings. The third-order valence-corrected chi connectivity index (χ3v) is 13.1. The number of nitrogens with zero attached hydrogens (tertiary/aromatic N) is 2. The van der Waals surface area contributed by atoms with Gasteiger partial charge in [-0.2, -0.15) is 0 Å². The zero-order valence-corrected chi connectivity index (χ0v) is 41.7. The van der Waals surface area contributed by atoms with Gasteiger partial charge in [0.25, 0.3) is 0 Å². The molecule has 340 valence electrons. The fourth-order valence-electron chi connectivity index (χ4n) is 8.65. The third kappa shape index (κ3) is 11.8. The second kappa shape index (κ2) is 19.4. The average molecular weight is 847 g/mol. The zero-order chi connectivity index (χ0) is 45.9. The molecule has 0 saturated carbocycles. The van der Waals surface area contributed by atoms with Gasteiger partial charge in [0, 0.05) is 38.8 Å². The van der Waals surface area contributed by atoms with Gasteiger partial charge in [-0.05, 0) is 115 Å². The lowest BCUT2D eigenvalue weighted by Crippen LogP contribution is -2.28. The van der Waals surface area contributed by atoms with E-state index in [1.165, 1.54) is 22.3 Å². The van der Waals surface area contributed by atoms with E-state index in [-0.39, 0.29) is 21.7 Å². The molecule has 62 heavy (non-hydrogen) atoms. The van der Waals surface area contributed by atoms with Crippen LogP contribution in [0.15, 0.2) is 48.5 Å². The molecule has 0 fully saturated rings. The van der Waals surface area contributed by atoms with Gasteiger partial charge in [0.2, 0.25) is 0 Å². The molecule has 1 aliphatic carbocycles. The van der Waals surface area contributed by atoms with Gasteiger partial charge in [0.05, 0.1) is 0 Å². The molecule has 8 bridgehead atoms. The summed E-state index contributed by atoms with van der Waals surface area (Å²) in [6.07, 6.45) is 2.00. The highest BCUT2D eigenvalue weighted by atomic mass is 16.5. The van der Waals surface area contributed by atoms with E-state index in [9.17, 15) is 10.2 Å².